The molecule has 0 saturated heterocycles. The fourth-order valence-corrected chi connectivity index (χ4v) is 1.28. The zero-order chi connectivity index (χ0) is 14.9. The Morgan fingerprint density at radius 1 is 1.32 bits per heavy atom. The van der Waals surface area contributed by atoms with Gasteiger partial charge in [0.2, 0.25) is 0 Å². The molecular weight excluding hydrogens is 252 g/mol. The number of nitrogens with one attached hydrogen (secondary N) is 2. The molecule has 0 saturated carbocycles. The summed E-state index contributed by atoms with van der Waals surface area (Å²) in [6.45, 7) is 6.70. The zero-order valence-corrected chi connectivity index (χ0v) is 11.7. The molecule has 7 heteroatoms. The fraction of sp³-hybridized carbons (Fsp3) is 0.833. The van der Waals surface area contributed by atoms with Gasteiger partial charge in [0.1, 0.15) is 0 Å². The maximum atomic E-state index is 11.3. The van der Waals surface area contributed by atoms with Crippen LogP contribution in [0.3, 0.4) is 0 Å². The van der Waals surface area contributed by atoms with Gasteiger partial charge in [0.15, 0.2) is 0 Å². The maximum Gasteiger partial charge on any atom is 0.314 e. The highest BCUT2D eigenvalue weighted by molar-refractivity contribution is 5.74. The number of rotatable bonds is 9. The molecule has 2 amide bonds. The maximum absolute atomic E-state index is 11.3. The minimum atomic E-state index is -1.46. The van der Waals surface area contributed by atoms with E-state index < -0.39 is 24.0 Å². The SMILES string of the molecule is CC(C)COCCNC(=O)NCC(C)(O)CC(=O)O. The van der Waals surface area contributed by atoms with E-state index in [1.54, 1.807) is 0 Å². The van der Waals surface area contributed by atoms with E-state index in [4.69, 9.17) is 9.84 Å². The van der Waals surface area contributed by atoms with Crippen LogP contribution in [-0.2, 0) is 9.53 Å². The largest absolute Gasteiger partial charge is 0.481 e. The summed E-state index contributed by atoms with van der Waals surface area (Å²) < 4.78 is 5.27. The van der Waals surface area contributed by atoms with Crippen molar-refractivity contribution in [2.75, 3.05) is 26.3 Å². The van der Waals surface area contributed by atoms with Crippen molar-refractivity contribution in [3.8, 4) is 0 Å². The van der Waals surface area contributed by atoms with E-state index >= 15 is 0 Å². The van der Waals surface area contributed by atoms with Gasteiger partial charge in [0, 0.05) is 19.7 Å². The molecule has 0 aliphatic rings. The van der Waals surface area contributed by atoms with E-state index in [0.717, 1.165) is 0 Å². The molecule has 0 aliphatic carbocycles. The van der Waals surface area contributed by atoms with E-state index in [0.29, 0.717) is 25.7 Å². The topological polar surface area (TPSA) is 108 Å². The lowest BCUT2D eigenvalue weighted by atomic mass is 10.0. The first kappa shape index (κ1) is 17.7. The van der Waals surface area contributed by atoms with Crippen molar-refractivity contribution in [3.63, 3.8) is 0 Å². The number of hydrogen-bond acceptors (Lipinski definition) is 4. The van der Waals surface area contributed by atoms with Crippen LogP contribution in [-0.4, -0.2) is 54.1 Å². The summed E-state index contributed by atoms with van der Waals surface area (Å²) in [5.74, 6) is -0.672. The zero-order valence-electron chi connectivity index (χ0n) is 11.7. The molecule has 0 aliphatic heterocycles. The molecule has 0 aromatic heterocycles. The van der Waals surface area contributed by atoms with Crippen molar-refractivity contribution in [2.45, 2.75) is 32.8 Å². The molecule has 0 spiro atoms. The molecule has 0 rings (SSSR count). The smallest absolute Gasteiger partial charge is 0.314 e. The predicted octanol–water partition coefficient (Wildman–Crippen LogP) is 0.184. The molecule has 0 bridgehead atoms. The summed E-state index contributed by atoms with van der Waals surface area (Å²) in [5.41, 5.74) is -1.46. The minimum absolute atomic E-state index is 0.127. The quantitative estimate of drug-likeness (QED) is 0.449. The Morgan fingerprint density at radius 2 is 1.95 bits per heavy atom. The first-order chi connectivity index (χ1) is 8.73. The number of carbonyl (C=O) groups excluding carboxylic acids is 1. The molecule has 19 heavy (non-hydrogen) atoms. The van der Waals surface area contributed by atoms with Crippen LogP contribution < -0.4 is 10.6 Å². The van der Waals surface area contributed by atoms with E-state index in [-0.39, 0.29) is 6.54 Å². The third-order valence-electron chi connectivity index (χ3n) is 2.14. The lowest BCUT2D eigenvalue weighted by molar-refractivity contribution is -0.141. The number of aliphatic carboxylic acids is 1. The van der Waals surface area contributed by atoms with Crippen LogP contribution in [0.5, 0.6) is 0 Å². The molecular formula is C12H24N2O5. The summed E-state index contributed by atoms with van der Waals surface area (Å²) in [6, 6.07) is -0.459. The van der Waals surface area contributed by atoms with Gasteiger partial charge in [-0.25, -0.2) is 4.79 Å². The summed E-state index contributed by atoms with van der Waals surface area (Å²) in [7, 11) is 0. The summed E-state index contributed by atoms with van der Waals surface area (Å²) in [5, 5.41) is 23.2. The van der Waals surface area contributed by atoms with Crippen molar-refractivity contribution in [2.24, 2.45) is 5.92 Å². The molecule has 0 aromatic rings. The number of urea groups is 1. The normalized spacial score (nSPS) is 13.9. The third-order valence-corrected chi connectivity index (χ3v) is 2.14. The van der Waals surface area contributed by atoms with Gasteiger partial charge >= 0.3 is 12.0 Å². The Kier molecular flexibility index (Phi) is 8.09. The van der Waals surface area contributed by atoms with Crippen LogP contribution >= 0.6 is 0 Å². The van der Waals surface area contributed by atoms with Crippen LogP contribution in [0.2, 0.25) is 0 Å². The van der Waals surface area contributed by atoms with Gasteiger partial charge in [-0.1, -0.05) is 13.8 Å². The Hall–Kier alpha value is -1.34. The average molecular weight is 276 g/mol. The van der Waals surface area contributed by atoms with Crippen LogP contribution in [0.25, 0.3) is 0 Å². The number of carboxylic acids is 1. The predicted molar refractivity (Wildman–Crippen MR) is 69.9 cm³/mol. The Bertz CT molecular complexity index is 292. The molecule has 1 unspecified atom stereocenters. The van der Waals surface area contributed by atoms with E-state index in [1.807, 2.05) is 13.8 Å². The van der Waals surface area contributed by atoms with Crippen molar-refractivity contribution >= 4 is 12.0 Å². The highest BCUT2D eigenvalue weighted by Crippen LogP contribution is 2.06. The minimum Gasteiger partial charge on any atom is -0.481 e. The summed E-state index contributed by atoms with van der Waals surface area (Å²) in [4.78, 5) is 21.8. The molecule has 112 valence electrons. The van der Waals surface area contributed by atoms with Crippen molar-refractivity contribution in [1.82, 2.24) is 10.6 Å². The molecule has 0 aromatic carbocycles. The molecule has 1 atom stereocenters. The Morgan fingerprint density at radius 3 is 2.47 bits per heavy atom. The number of carbonyl (C=O) groups is 2. The van der Waals surface area contributed by atoms with Gasteiger partial charge in [-0.05, 0) is 12.8 Å². The van der Waals surface area contributed by atoms with Gasteiger partial charge < -0.3 is 25.6 Å². The second-order valence-corrected chi connectivity index (χ2v) is 5.15. The first-order valence-electron chi connectivity index (χ1n) is 6.26. The second-order valence-electron chi connectivity index (χ2n) is 5.15. The average Bonchev–Trinajstić information content (AvgIpc) is 2.24. The van der Waals surface area contributed by atoms with Gasteiger partial charge in [-0.2, -0.15) is 0 Å². The highest BCUT2D eigenvalue weighted by Gasteiger charge is 2.24. The lowest BCUT2D eigenvalue weighted by Gasteiger charge is -2.21. The summed E-state index contributed by atoms with van der Waals surface area (Å²) in [6.07, 6.45) is -0.426. The van der Waals surface area contributed by atoms with Gasteiger partial charge in [-0.3, -0.25) is 4.79 Å². The summed E-state index contributed by atoms with van der Waals surface area (Å²) >= 11 is 0. The molecule has 0 radical (unpaired) electrons. The number of aliphatic hydroxyl groups is 1. The lowest BCUT2D eigenvalue weighted by Crippen LogP contribution is -2.46. The van der Waals surface area contributed by atoms with Gasteiger partial charge in [0.05, 0.1) is 18.6 Å². The number of ether oxygens (including phenoxy) is 1. The standard InChI is InChI=1S/C12H24N2O5/c1-9(2)7-19-5-4-13-11(17)14-8-12(3,18)6-10(15)16/h9,18H,4-8H2,1-3H3,(H,15,16)(H2,13,14,17). The second kappa shape index (κ2) is 8.71. The fourth-order valence-electron chi connectivity index (χ4n) is 1.28. The molecule has 0 heterocycles. The Labute approximate surface area is 113 Å². The Balaban J connectivity index is 3.67. The molecule has 0 fully saturated rings. The van der Waals surface area contributed by atoms with Crippen molar-refractivity contribution in [1.29, 1.82) is 0 Å². The first-order valence-corrected chi connectivity index (χ1v) is 6.26. The van der Waals surface area contributed by atoms with Crippen molar-refractivity contribution in [3.05, 3.63) is 0 Å². The van der Waals surface area contributed by atoms with E-state index in [1.165, 1.54) is 6.92 Å². The monoisotopic (exact) mass is 276 g/mol. The molecule has 4 N–H and O–H groups in total. The van der Waals surface area contributed by atoms with Crippen LogP contribution in [0.1, 0.15) is 27.2 Å². The third kappa shape index (κ3) is 11.5. The van der Waals surface area contributed by atoms with Gasteiger partial charge in [-0.15, -0.1) is 0 Å². The number of hydrogen-bond donors (Lipinski definition) is 4. The number of carboxylic acid groups (broad SMARTS) is 1. The van der Waals surface area contributed by atoms with E-state index in [9.17, 15) is 14.7 Å². The molecule has 7 nitrogen and oxygen atoms in total. The van der Waals surface area contributed by atoms with Gasteiger partial charge in [0.25, 0.3) is 0 Å². The number of amides is 2. The van der Waals surface area contributed by atoms with Crippen LogP contribution in [0.4, 0.5) is 4.79 Å². The van der Waals surface area contributed by atoms with E-state index in [2.05, 4.69) is 10.6 Å². The van der Waals surface area contributed by atoms with Crippen LogP contribution in [0.15, 0.2) is 0 Å². The van der Waals surface area contributed by atoms with Crippen LogP contribution in [0, 0.1) is 5.92 Å². The van der Waals surface area contributed by atoms with Crippen molar-refractivity contribution < 1.29 is 24.5 Å². The highest BCUT2D eigenvalue weighted by atomic mass is 16.5.